The molecule has 0 saturated carbocycles. The van der Waals surface area contributed by atoms with Crippen molar-refractivity contribution in [2.24, 2.45) is 0 Å². The van der Waals surface area contributed by atoms with Gasteiger partial charge in [0.25, 0.3) is 5.91 Å². The number of anilines is 1. The minimum Gasteiger partial charge on any atom is -0.388 e. The standard InChI is InChI=1S/C18H19ClN2O4S/c1-20(2)26(24,25)14-6-3-12(4-7-14)18(23)21-10-9-17(22)15-11-13(19)5-8-16(15)21/h3-8,11,17,22H,9-10H2,1-2H3. The van der Waals surface area contributed by atoms with E-state index in [1.54, 1.807) is 23.1 Å². The van der Waals surface area contributed by atoms with E-state index >= 15 is 0 Å². The first kappa shape index (κ1) is 18.8. The summed E-state index contributed by atoms with van der Waals surface area (Å²) in [7, 11) is -0.636. The number of benzene rings is 2. The topological polar surface area (TPSA) is 77.9 Å². The Morgan fingerprint density at radius 2 is 1.85 bits per heavy atom. The average molecular weight is 395 g/mol. The van der Waals surface area contributed by atoms with Gasteiger partial charge in [0.2, 0.25) is 10.0 Å². The molecule has 0 aliphatic carbocycles. The van der Waals surface area contributed by atoms with E-state index < -0.39 is 16.1 Å². The Labute approximate surface area is 157 Å². The fraction of sp³-hybridized carbons (Fsp3) is 0.278. The Balaban J connectivity index is 1.93. The monoisotopic (exact) mass is 394 g/mol. The number of halogens is 1. The van der Waals surface area contributed by atoms with E-state index in [0.29, 0.717) is 34.8 Å². The second-order valence-corrected chi connectivity index (χ2v) is 8.86. The number of carbonyl (C=O) groups excluding carboxylic acids is 1. The fourth-order valence-electron chi connectivity index (χ4n) is 2.91. The minimum absolute atomic E-state index is 0.125. The summed E-state index contributed by atoms with van der Waals surface area (Å²) in [6, 6.07) is 10.9. The van der Waals surface area contributed by atoms with Gasteiger partial charge in [0.05, 0.1) is 11.0 Å². The zero-order chi connectivity index (χ0) is 19.1. The van der Waals surface area contributed by atoms with Crippen LogP contribution in [0.2, 0.25) is 5.02 Å². The molecule has 1 aliphatic rings. The lowest BCUT2D eigenvalue weighted by Gasteiger charge is -2.32. The van der Waals surface area contributed by atoms with Crippen molar-refractivity contribution < 1.29 is 18.3 Å². The van der Waals surface area contributed by atoms with Gasteiger partial charge in [-0.3, -0.25) is 4.79 Å². The summed E-state index contributed by atoms with van der Waals surface area (Å²) < 4.78 is 25.4. The lowest BCUT2D eigenvalue weighted by molar-refractivity contribution is 0.0970. The highest BCUT2D eigenvalue weighted by atomic mass is 35.5. The zero-order valence-electron chi connectivity index (χ0n) is 14.4. The Kier molecular flexibility index (Phi) is 5.07. The van der Waals surface area contributed by atoms with Crippen molar-refractivity contribution in [3.63, 3.8) is 0 Å². The minimum atomic E-state index is -3.54. The average Bonchev–Trinajstić information content (AvgIpc) is 2.62. The molecule has 0 fully saturated rings. The van der Waals surface area contributed by atoms with E-state index in [0.717, 1.165) is 4.31 Å². The lowest BCUT2D eigenvalue weighted by Crippen LogP contribution is -2.36. The predicted molar refractivity (Wildman–Crippen MR) is 100 cm³/mol. The molecule has 26 heavy (non-hydrogen) atoms. The molecule has 0 radical (unpaired) electrons. The molecule has 1 amide bonds. The van der Waals surface area contributed by atoms with Gasteiger partial charge in [-0.1, -0.05) is 11.6 Å². The third-order valence-corrected chi connectivity index (χ3v) is 6.45. The molecule has 8 heteroatoms. The molecule has 0 bridgehead atoms. The summed E-state index contributed by atoms with van der Waals surface area (Å²) >= 11 is 6.00. The first-order chi connectivity index (χ1) is 12.2. The molecule has 0 aromatic heterocycles. The van der Waals surface area contributed by atoms with Crippen LogP contribution in [0.25, 0.3) is 0 Å². The molecule has 0 spiro atoms. The summed E-state index contributed by atoms with van der Waals surface area (Å²) in [5, 5.41) is 10.7. The molecule has 1 unspecified atom stereocenters. The van der Waals surface area contributed by atoms with Gasteiger partial charge in [0, 0.05) is 42.5 Å². The van der Waals surface area contributed by atoms with Crippen LogP contribution >= 0.6 is 11.6 Å². The SMILES string of the molecule is CN(C)S(=O)(=O)c1ccc(C(=O)N2CCC(O)c3cc(Cl)ccc32)cc1. The number of aliphatic hydroxyl groups excluding tert-OH is 1. The molecule has 6 nitrogen and oxygen atoms in total. The van der Waals surface area contributed by atoms with E-state index in [1.807, 2.05) is 0 Å². The highest BCUT2D eigenvalue weighted by molar-refractivity contribution is 7.89. The first-order valence-corrected chi connectivity index (χ1v) is 9.85. The number of carbonyl (C=O) groups is 1. The maximum atomic E-state index is 12.9. The maximum Gasteiger partial charge on any atom is 0.258 e. The lowest BCUT2D eigenvalue weighted by atomic mass is 9.98. The van der Waals surface area contributed by atoms with Gasteiger partial charge in [-0.05, 0) is 48.9 Å². The largest absolute Gasteiger partial charge is 0.388 e. The number of nitrogens with zero attached hydrogens (tertiary/aromatic N) is 2. The second kappa shape index (κ2) is 7.00. The van der Waals surface area contributed by atoms with Gasteiger partial charge in [0.15, 0.2) is 0 Å². The van der Waals surface area contributed by atoms with E-state index in [2.05, 4.69) is 0 Å². The third kappa shape index (κ3) is 3.35. The van der Waals surface area contributed by atoms with Crippen molar-refractivity contribution in [3.05, 3.63) is 58.6 Å². The van der Waals surface area contributed by atoms with Crippen molar-refractivity contribution >= 4 is 33.2 Å². The molecule has 138 valence electrons. The van der Waals surface area contributed by atoms with Crippen molar-refractivity contribution in [2.75, 3.05) is 25.5 Å². The van der Waals surface area contributed by atoms with Gasteiger partial charge in [0.1, 0.15) is 0 Å². The summed E-state index contributed by atoms with van der Waals surface area (Å²) in [6.45, 7) is 0.367. The molecule has 1 heterocycles. The van der Waals surface area contributed by atoms with Crippen LogP contribution in [0.5, 0.6) is 0 Å². The van der Waals surface area contributed by atoms with Crippen LogP contribution in [0.3, 0.4) is 0 Å². The fourth-order valence-corrected chi connectivity index (χ4v) is 3.99. The molecule has 2 aromatic rings. The Hall–Kier alpha value is -1.93. The van der Waals surface area contributed by atoms with Gasteiger partial charge >= 0.3 is 0 Å². The molecule has 2 aromatic carbocycles. The number of amides is 1. The molecular weight excluding hydrogens is 376 g/mol. The Morgan fingerprint density at radius 3 is 2.46 bits per heavy atom. The molecule has 1 N–H and O–H groups in total. The summed E-state index contributed by atoms with van der Waals surface area (Å²) in [6.07, 6.45) is -0.257. The van der Waals surface area contributed by atoms with Crippen LogP contribution in [0.4, 0.5) is 5.69 Å². The van der Waals surface area contributed by atoms with E-state index in [1.165, 1.54) is 38.4 Å². The van der Waals surface area contributed by atoms with E-state index in [4.69, 9.17) is 11.6 Å². The number of hydrogen-bond donors (Lipinski definition) is 1. The summed E-state index contributed by atoms with van der Waals surface area (Å²) in [5.41, 5.74) is 1.60. The molecule has 3 rings (SSSR count). The normalized spacial score (nSPS) is 17.3. The van der Waals surface area contributed by atoms with Crippen LogP contribution in [-0.2, 0) is 10.0 Å². The Bertz CT molecular complexity index is 942. The van der Waals surface area contributed by atoms with Crippen LogP contribution in [0.15, 0.2) is 47.4 Å². The predicted octanol–water partition coefficient (Wildman–Crippen LogP) is 2.67. The maximum absolute atomic E-state index is 12.9. The number of sulfonamides is 1. The molecular formula is C18H19ClN2O4S. The summed E-state index contributed by atoms with van der Waals surface area (Å²) in [4.78, 5) is 14.6. The van der Waals surface area contributed by atoms with Crippen LogP contribution in [-0.4, -0.2) is 44.4 Å². The number of fused-ring (bicyclic) bond motifs is 1. The smallest absolute Gasteiger partial charge is 0.258 e. The molecule has 1 atom stereocenters. The first-order valence-electron chi connectivity index (χ1n) is 8.04. The van der Waals surface area contributed by atoms with Gasteiger partial charge in [-0.2, -0.15) is 0 Å². The number of rotatable bonds is 3. The number of hydrogen-bond acceptors (Lipinski definition) is 4. The van der Waals surface area contributed by atoms with Crippen molar-refractivity contribution in [1.29, 1.82) is 0 Å². The van der Waals surface area contributed by atoms with Crippen molar-refractivity contribution in [2.45, 2.75) is 17.4 Å². The molecule has 1 aliphatic heterocycles. The van der Waals surface area contributed by atoms with Gasteiger partial charge in [-0.25, -0.2) is 12.7 Å². The second-order valence-electron chi connectivity index (χ2n) is 6.28. The van der Waals surface area contributed by atoms with E-state index in [-0.39, 0.29) is 10.8 Å². The zero-order valence-corrected chi connectivity index (χ0v) is 16.0. The summed E-state index contributed by atoms with van der Waals surface area (Å²) in [5.74, 6) is -0.255. The van der Waals surface area contributed by atoms with E-state index in [9.17, 15) is 18.3 Å². The molecule has 0 saturated heterocycles. The van der Waals surface area contributed by atoms with Crippen LogP contribution in [0, 0.1) is 0 Å². The third-order valence-electron chi connectivity index (χ3n) is 4.39. The quantitative estimate of drug-likeness (QED) is 0.868. The Morgan fingerprint density at radius 1 is 1.19 bits per heavy atom. The van der Waals surface area contributed by atoms with Gasteiger partial charge < -0.3 is 10.0 Å². The van der Waals surface area contributed by atoms with Crippen molar-refractivity contribution in [3.8, 4) is 0 Å². The van der Waals surface area contributed by atoms with Crippen LogP contribution in [0.1, 0.15) is 28.4 Å². The number of aliphatic hydroxyl groups is 1. The van der Waals surface area contributed by atoms with Crippen LogP contribution < -0.4 is 4.90 Å². The van der Waals surface area contributed by atoms with Crippen molar-refractivity contribution in [1.82, 2.24) is 4.31 Å². The highest BCUT2D eigenvalue weighted by Crippen LogP contribution is 2.36. The highest BCUT2D eigenvalue weighted by Gasteiger charge is 2.28. The van der Waals surface area contributed by atoms with Gasteiger partial charge in [-0.15, -0.1) is 0 Å².